The Labute approximate surface area is 159 Å². The lowest BCUT2D eigenvalue weighted by molar-refractivity contribution is -0.137. The molecule has 7 nitrogen and oxygen atoms in total. The molecule has 1 saturated carbocycles. The highest BCUT2D eigenvalue weighted by molar-refractivity contribution is 6.01. The minimum absolute atomic E-state index is 0.00651. The van der Waals surface area contributed by atoms with Gasteiger partial charge in [-0.25, -0.2) is 0 Å². The number of hydrogen-bond acceptors (Lipinski definition) is 4. The van der Waals surface area contributed by atoms with Crippen molar-refractivity contribution >= 4 is 23.4 Å². The number of hydrogen-bond donors (Lipinski definition) is 2. The molecule has 0 radical (unpaired) electrons. The third kappa shape index (κ3) is 3.83. The third-order valence-corrected chi connectivity index (χ3v) is 5.77. The lowest BCUT2D eigenvalue weighted by Gasteiger charge is -2.39. The molecular weight excluding hydrogens is 344 g/mol. The van der Waals surface area contributed by atoms with E-state index in [1.54, 1.807) is 0 Å². The van der Waals surface area contributed by atoms with Gasteiger partial charge in [-0.2, -0.15) is 0 Å². The van der Waals surface area contributed by atoms with E-state index in [9.17, 15) is 14.4 Å². The number of nitrogens with one attached hydrogen (secondary N) is 2. The third-order valence-electron chi connectivity index (χ3n) is 5.77. The van der Waals surface area contributed by atoms with Crippen LogP contribution in [-0.4, -0.2) is 65.8 Å². The van der Waals surface area contributed by atoms with E-state index in [1.165, 1.54) is 0 Å². The van der Waals surface area contributed by atoms with Gasteiger partial charge in [0.05, 0.1) is 12.0 Å². The van der Waals surface area contributed by atoms with Gasteiger partial charge in [-0.3, -0.25) is 19.3 Å². The maximum absolute atomic E-state index is 13.1. The largest absolute Gasteiger partial charge is 0.352 e. The number of para-hydroxylation sites is 1. The first-order chi connectivity index (χ1) is 13.0. The van der Waals surface area contributed by atoms with Crippen molar-refractivity contribution in [2.75, 3.05) is 31.5 Å². The summed E-state index contributed by atoms with van der Waals surface area (Å²) in [5, 5.41) is 5.89. The highest BCUT2D eigenvalue weighted by atomic mass is 16.2. The van der Waals surface area contributed by atoms with Crippen molar-refractivity contribution in [3.63, 3.8) is 0 Å². The summed E-state index contributed by atoms with van der Waals surface area (Å²) in [4.78, 5) is 41.3. The van der Waals surface area contributed by atoms with Crippen LogP contribution < -0.4 is 10.6 Å². The van der Waals surface area contributed by atoms with Gasteiger partial charge in [0.1, 0.15) is 0 Å². The number of fused-ring (bicyclic) bond motifs is 1. The molecule has 3 aliphatic rings. The van der Waals surface area contributed by atoms with Crippen LogP contribution in [0.2, 0.25) is 0 Å². The van der Waals surface area contributed by atoms with Crippen molar-refractivity contribution in [1.29, 1.82) is 0 Å². The Morgan fingerprint density at radius 2 is 1.85 bits per heavy atom. The molecule has 7 heteroatoms. The fraction of sp³-hybridized carbons (Fsp3) is 0.550. The first-order valence-corrected chi connectivity index (χ1v) is 9.75. The molecule has 0 spiro atoms. The summed E-state index contributed by atoms with van der Waals surface area (Å²) < 4.78 is 0. The van der Waals surface area contributed by atoms with Crippen molar-refractivity contribution in [2.45, 2.75) is 44.2 Å². The smallest absolute Gasteiger partial charge is 0.237 e. The van der Waals surface area contributed by atoms with Gasteiger partial charge in [-0.15, -0.1) is 0 Å². The van der Waals surface area contributed by atoms with Crippen molar-refractivity contribution in [3.8, 4) is 0 Å². The van der Waals surface area contributed by atoms with Crippen molar-refractivity contribution in [1.82, 2.24) is 15.1 Å². The second-order valence-electron chi connectivity index (χ2n) is 7.71. The van der Waals surface area contributed by atoms with E-state index >= 15 is 0 Å². The molecule has 2 heterocycles. The number of piperazine rings is 1. The zero-order valence-corrected chi connectivity index (χ0v) is 15.6. The Hall–Kier alpha value is -2.41. The molecule has 0 bridgehead atoms. The van der Waals surface area contributed by atoms with Crippen LogP contribution in [0.15, 0.2) is 24.3 Å². The Balaban J connectivity index is 1.37. The normalized spacial score (nSPS) is 24.0. The Morgan fingerprint density at radius 3 is 2.56 bits per heavy atom. The van der Waals surface area contributed by atoms with Gasteiger partial charge < -0.3 is 15.5 Å². The van der Waals surface area contributed by atoms with Crippen LogP contribution >= 0.6 is 0 Å². The van der Waals surface area contributed by atoms with Gasteiger partial charge in [0.15, 0.2) is 0 Å². The molecule has 27 heavy (non-hydrogen) atoms. The summed E-state index contributed by atoms with van der Waals surface area (Å²) in [6.45, 7) is 4.44. The topological polar surface area (TPSA) is 81.8 Å². The molecule has 1 saturated heterocycles. The summed E-state index contributed by atoms with van der Waals surface area (Å²) in [6.07, 6.45) is 2.35. The van der Waals surface area contributed by atoms with Crippen molar-refractivity contribution in [2.24, 2.45) is 0 Å². The fourth-order valence-corrected chi connectivity index (χ4v) is 3.90. The molecule has 2 aliphatic heterocycles. The molecular formula is C20H26N4O3. The van der Waals surface area contributed by atoms with Gasteiger partial charge in [0.2, 0.25) is 17.7 Å². The predicted octanol–water partition coefficient (Wildman–Crippen LogP) is 0.924. The van der Waals surface area contributed by atoms with Crippen LogP contribution in [-0.2, 0) is 14.4 Å². The average Bonchev–Trinajstić information content (AvgIpc) is 3.50. The SMILES string of the molecule is CC(C(=O)NC1CC1)N1CCN(C(=O)C2CC(=O)Nc3ccccc32)CC1. The summed E-state index contributed by atoms with van der Waals surface area (Å²) >= 11 is 0. The number of carbonyl (C=O) groups excluding carboxylic acids is 3. The second kappa shape index (κ2) is 7.31. The first kappa shape index (κ1) is 18.0. The fourth-order valence-electron chi connectivity index (χ4n) is 3.90. The van der Waals surface area contributed by atoms with Gasteiger partial charge >= 0.3 is 0 Å². The maximum Gasteiger partial charge on any atom is 0.237 e. The van der Waals surface area contributed by atoms with Crippen molar-refractivity contribution < 1.29 is 14.4 Å². The Morgan fingerprint density at radius 1 is 1.15 bits per heavy atom. The minimum atomic E-state index is -0.419. The number of rotatable bonds is 4. The predicted molar refractivity (Wildman–Crippen MR) is 101 cm³/mol. The lowest BCUT2D eigenvalue weighted by Crippen LogP contribution is -2.56. The van der Waals surface area contributed by atoms with Crippen LogP contribution in [0.5, 0.6) is 0 Å². The zero-order chi connectivity index (χ0) is 19.0. The molecule has 2 atom stereocenters. The molecule has 3 amide bonds. The molecule has 1 aromatic rings. The monoisotopic (exact) mass is 370 g/mol. The Kier molecular flexibility index (Phi) is 4.86. The van der Waals surface area contributed by atoms with E-state index in [1.807, 2.05) is 36.1 Å². The molecule has 2 unspecified atom stereocenters. The van der Waals surface area contributed by atoms with Gasteiger partial charge in [-0.05, 0) is 31.4 Å². The molecule has 4 rings (SSSR count). The van der Waals surface area contributed by atoms with E-state index in [2.05, 4.69) is 15.5 Å². The quantitative estimate of drug-likeness (QED) is 0.826. The number of amides is 3. The highest BCUT2D eigenvalue weighted by Gasteiger charge is 2.36. The van der Waals surface area contributed by atoms with Crippen LogP contribution in [0, 0.1) is 0 Å². The van der Waals surface area contributed by atoms with Crippen molar-refractivity contribution in [3.05, 3.63) is 29.8 Å². The van der Waals surface area contributed by atoms with Crippen LogP contribution in [0.1, 0.15) is 37.7 Å². The van der Waals surface area contributed by atoms with E-state index in [0.717, 1.165) is 24.1 Å². The van der Waals surface area contributed by atoms with Gasteiger partial charge in [0, 0.05) is 44.3 Å². The standard InChI is InChI=1S/C20H26N4O3/c1-13(19(26)21-14-6-7-14)23-8-10-24(11-9-23)20(27)16-12-18(25)22-17-5-3-2-4-15(16)17/h2-5,13-14,16H,6-12H2,1H3,(H,21,26)(H,22,25). The number of nitrogens with zero attached hydrogens (tertiary/aromatic N) is 2. The summed E-state index contributed by atoms with van der Waals surface area (Å²) in [5.41, 5.74) is 1.62. The lowest BCUT2D eigenvalue weighted by atomic mass is 9.89. The second-order valence-corrected chi connectivity index (χ2v) is 7.71. The zero-order valence-electron chi connectivity index (χ0n) is 15.6. The number of anilines is 1. The summed E-state index contributed by atoms with van der Waals surface area (Å²) in [7, 11) is 0. The Bertz CT molecular complexity index is 753. The molecule has 144 valence electrons. The molecule has 1 aliphatic carbocycles. The molecule has 2 fully saturated rings. The molecule has 2 N–H and O–H groups in total. The average molecular weight is 370 g/mol. The summed E-state index contributed by atoms with van der Waals surface area (Å²) in [5.74, 6) is -0.449. The van der Waals surface area contributed by atoms with E-state index in [0.29, 0.717) is 32.2 Å². The minimum Gasteiger partial charge on any atom is -0.352 e. The first-order valence-electron chi connectivity index (χ1n) is 9.75. The molecule has 1 aromatic carbocycles. The van der Waals surface area contributed by atoms with Gasteiger partial charge in [0.25, 0.3) is 0 Å². The highest BCUT2D eigenvalue weighted by Crippen LogP contribution is 2.33. The van der Waals surface area contributed by atoms with E-state index in [4.69, 9.17) is 0 Å². The van der Waals surface area contributed by atoms with Crippen LogP contribution in [0.25, 0.3) is 0 Å². The van der Waals surface area contributed by atoms with E-state index < -0.39 is 5.92 Å². The van der Waals surface area contributed by atoms with E-state index in [-0.39, 0.29) is 30.2 Å². The van der Waals surface area contributed by atoms with Gasteiger partial charge in [-0.1, -0.05) is 18.2 Å². The maximum atomic E-state index is 13.1. The summed E-state index contributed by atoms with van der Waals surface area (Å²) in [6, 6.07) is 7.69. The molecule has 0 aromatic heterocycles. The number of carbonyl (C=O) groups is 3. The number of benzene rings is 1. The van der Waals surface area contributed by atoms with Crippen LogP contribution in [0.3, 0.4) is 0 Å². The van der Waals surface area contributed by atoms with Crippen LogP contribution in [0.4, 0.5) is 5.69 Å².